The van der Waals surface area contributed by atoms with E-state index in [1.165, 1.54) is 18.1 Å². The minimum absolute atomic E-state index is 0.210. The first-order valence-electron chi connectivity index (χ1n) is 8.27. The minimum Gasteiger partial charge on any atom is -0.493 e. The van der Waals surface area contributed by atoms with Gasteiger partial charge in [-0.05, 0) is 49.2 Å². The molecule has 0 fully saturated rings. The molecule has 0 spiro atoms. The van der Waals surface area contributed by atoms with Gasteiger partial charge < -0.3 is 9.47 Å². The number of amides is 1. The molecule has 0 radical (unpaired) electrons. The van der Waals surface area contributed by atoms with Crippen molar-refractivity contribution >= 4 is 12.1 Å². The third-order valence-corrected chi connectivity index (χ3v) is 3.35. The van der Waals surface area contributed by atoms with Crippen LogP contribution >= 0.6 is 0 Å². The Bertz CT molecular complexity index is 721. The lowest BCUT2D eigenvalue weighted by atomic mass is 10.1. The van der Waals surface area contributed by atoms with Crippen molar-refractivity contribution in [1.82, 2.24) is 5.43 Å². The standard InChI is InChI=1S/C20H24N2O3/c1-15-11-16(2)13-19(12-15)24-9-6-10-25-20-8-5-4-7-18(20)14-21-22-17(3)23/h4-5,7-8,11-14H,6,9-10H2,1-3H3,(H,22,23)/b21-14-. The highest BCUT2D eigenvalue weighted by Crippen LogP contribution is 2.17. The molecule has 0 atom stereocenters. The van der Waals surface area contributed by atoms with E-state index in [4.69, 9.17) is 9.47 Å². The molecule has 5 nitrogen and oxygen atoms in total. The van der Waals surface area contributed by atoms with E-state index in [0.29, 0.717) is 13.2 Å². The molecule has 25 heavy (non-hydrogen) atoms. The summed E-state index contributed by atoms with van der Waals surface area (Å²) in [5.74, 6) is 1.40. The highest BCUT2D eigenvalue weighted by atomic mass is 16.5. The maximum Gasteiger partial charge on any atom is 0.236 e. The van der Waals surface area contributed by atoms with Crippen molar-refractivity contribution in [2.75, 3.05) is 13.2 Å². The summed E-state index contributed by atoms with van der Waals surface area (Å²) in [7, 11) is 0. The number of para-hydroxylation sites is 1. The van der Waals surface area contributed by atoms with Crippen molar-refractivity contribution in [3.63, 3.8) is 0 Å². The molecule has 2 rings (SSSR count). The molecule has 0 aromatic heterocycles. The monoisotopic (exact) mass is 340 g/mol. The predicted octanol–water partition coefficient (Wildman–Crippen LogP) is 3.62. The van der Waals surface area contributed by atoms with Gasteiger partial charge in [-0.2, -0.15) is 5.10 Å². The largest absolute Gasteiger partial charge is 0.493 e. The van der Waals surface area contributed by atoms with E-state index in [1.54, 1.807) is 6.21 Å². The lowest BCUT2D eigenvalue weighted by Crippen LogP contribution is -2.12. The molecule has 0 bridgehead atoms. The summed E-state index contributed by atoms with van der Waals surface area (Å²) in [6, 6.07) is 13.7. The molecular weight excluding hydrogens is 316 g/mol. The summed E-state index contributed by atoms with van der Waals surface area (Å²) >= 11 is 0. The van der Waals surface area contributed by atoms with Gasteiger partial charge in [0.15, 0.2) is 0 Å². The van der Waals surface area contributed by atoms with Crippen LogP contribution < -0.4 is 14.9 Å². The van der Waals surface area contributed by atoms with Crippen molar-refractivity contribution in [3.05, 3.63) is 59.2 Å². The molecule has 1 amide bonds. The first-order chi connectivity index (χ1) is 12.0. The highest BCUT2D eigenvalue weighted by Gasteiger charge is 2.01. The Morgan fingerprint density at radius 1 is 1.08 bits per heavy atom. The van der Waals surface area contributed by atoms with Gasteiger partial charge in [-0.15, -0.1) is 0 Å². The van der Waals surface area contributed by atoms with Gasteiger partial charge in [0.2, 0.25) is 5.91 Å². The lowest BCUT2D eigenvalue weighted by molar-refractivity contribution is -0.118. The fourth-order valence-corrected chi connectivity index (χ4v) is 2.36. The van der Waals surface area contributed by atoms with Crippen molar-refractivity contribution < 1.29 is 14.3 Å². The van der Waals surface area contributed by atoms with Crippen LogP contribution in [0, 0.1) is 13.8 Å². The van der Waals surface area contributed by atoms with E-state index in [9.17, 15) is 4.79 Å². The Morgan fingerprint density at radius 2 is 1.76 bits per heavy atom. The van der Waals surface area contributed by atoms with Crippen LogP contribution in [0.5, 0.6) is 11.5 Å². The number of ether oxygens (including phenoxy) is 2. The van der Waals surface area contributed by atoms with E-state index in [-0.39, 0.29) is 5.91 Å². The smallest absolute Gasteiger partial charge is 0.236 e. The van der Waals surface area contributed by atoms with Gasteiger partial charge in [-0.3, -0.25) is 4.79 Å². The summed E-state index contributed by atoms with van der Waals surface area (Å²) in [5, 5.41) is 3.87. The summed E-state index contributed by atoms with van der Waals surface area (Å²) in [6.07, 6.45) is 2.34. The van der Waals surface area contributed by atoms with E-state index in [0.717, 1.165) is 23.5 Å². The van der Waals surface area contributed by atoms with Gasteiger partial charge in [0, 0.05) is 18.9 Å². The van der Waals surface area contributed by atoms with E-state index in [2.05, 4.69) is 30.4 Å². The normalized spacial score (nSPS) is 10.7. The number of hydrogen-bond donors (Lipinski definition) is 1. The summed E-state index contributed by atoms with van der Waals surface area (Å²) in [6.45, 7) is 6.65. The Labute approximate surface area is 148 Å². The Kier molecular flexibility index (Phi) is 7.01. The van der Waals surface area contributed by atoms with Gasteiger partial charge in [0.25, 0.3) is 0 Å². The van der Waals surface area contributed by atoms with Gasteiger partial charge >= 0.3 is 0 Å². The molecule has 0 saturated heterocycles. The van der Waals surface area contributed by atoms with Crippen LogP contribution in [0.25, 0.3) is 0 Å². The average molecular weight is 340 g/mol. The number of carbonyl (C=O) groups is 1. The SMILES string of the molecule is CC(=O)N/N=C\c1ccccc1OCCCOc1cc(C)cc(C)c1. The minimum atomic E-state index is -0.210. The molecule has 0 aliphatic heterocycles. The zero-order valence-electron chi connectivity index (χ0n) is 14.9. The van der Waals surface area contributed by atoms with Crippen molar-refractivity contribution in [2.24, 2.45) is 5.10 Å². The summed E-state index contributed by atoms with van der Waals surface area (Å²) in [5.41, 5.74) is 5.58. The van der Waals surface area contributed by atoms with E-state index < -0.39 is 0 Å². The first kappa shape index (κ1) is 18.5. The maximum atomic E-state index is 10.9. The molecule has 0 aliphatic carbocycles. The number of benzene rings is 2. The van der Waals surface area contributed by atoms with Crippen LogP contribution in [-0.2, 0) is 4.79 Å². The summed E-state index contributed by atoms with van der Waals surface area (Å²) in [4.78, 5) is 10.9. The molecule has 5 heteroatoms. The van der Waals surface area contributed by atoms with Crippen LogP contribution in [0.2, 0.25) is 0 Å². The van der Waals surface area contributed by atoms with Gasteiger partial charge in [0.05, 0.1) is 19.4 Å². The lowest BCUT2D eigenvalue weighted by Gasteiger charge is -2.10. The molecule has 2 aromatic carbocycles. The quantitative estimate of drug-likeness (QED) is 0.453. The molecular formula is C20H24N2O3. The number of nitrogens with zero attached hydrogens (tertiary/aromatic N) is 1. The second kappa shape index (κ2) is 9.47. The number of aryl methyl sites for hydroxylation is 2. The van der Waals surface area contributed by atoms with Gasteiger partial charge in [-0.1, -0.05) is 18.2 Å². The van der Waals surface area contributed by atoms with Crippen molar-refractivity contribution in [2.45, 2.75) is 27.2 Å². The fraction of sp³-hybridized carbons (Fsp3) is 0.300. The molecule has 0 unspecified atom stereocenters. The van der Waals surface area contributed by atoms with Crippen LogP contribution in [0.3, 0.4) is 0 Å². The zero-order chi connectivity index (χ0) is 18.1. The average Bonchev–Trinajstić information content (AvgIpc) is 2.54. The fourth-order valence-electron chi connectivity index (χ4n) is 2.36. The molecule has 0 heterocycles. The molecule has 0 saturated carbocycles. The number of rotatable bonds is 8. The van der Waals surface area contributed by atoms with Crippen molar-refractivity contribution in [1.29, 1.82) is 0 Å². The second-order valence-electron chi connectivity index (χ2n) is 5.84. The number of carbonyl (C=O) groups excluding carboxylic acids is 1. The Balaban J connectivity index is 1.79. The third kappa shape index (κ3) is 6.67. The topological polar surface area (TPSA) is 59.9 Å². The number of nitrogens with one attached hydrogen (secondary N) is 1. The maximum absolute atomic E-state index is 10.9. The molecule has 0 aliphatic rings. The van der Waals surface area contributed by atoms with Crippen LogP contribution in [0.4, 0.5) is 0 Å². The van der Waals surface area contributed by atoms with Crippen molar-refractivity contribution in [3.8, 4) is 11.5 Å². The third-order valence-electron chi connectivity index (χ3n) is 3.35. The predicted molar refractivity (Wildman–Crippen MR) is 99.4 cm³/mol. The number of hydrazone groups is 1. The van der Waals surface area contributed by atoms with E-state index >= 15 is 0 Å². The molecule has 2 aromatic rings. The van der Waals surface area contributed by atoms with Gasteiger partial charge in [0.1, 0.15) is 11.5 Å². The zero-order valence-corrected chi connectivity index (χ0v) is 14.9. The summed E-state index contributed by atoms with van der Waals surface area (Å²) < 4.78 is 11.6. The Hall–Kier alpha value is -2.82. The first-order valence-corrected chi connectivity index (χ1v) is 8.27. The molecule has 132 valence electrons. The number of hydrogen-bond acceptors (Lipinski definition) is 4. The van der Waals surface area contributed by atoms with E-state index in [1.807, 2.05) is 36.4 Å². The molecule has 1 N–H and O–H groups in total. The van der Waals surface area contributed by atoms with Crippen LogP contribution in [0.15, 0.2) is 47.6 Å². The van der Waals surface area contributed by atoms with Crippen LogP contribution in [0.1, 0.15) is 30.0 Å². The van der Waals surface area contributed by atoms with Gasteiger partial charge in [-0.25, -0.2) is 5.43 Å². The Morgan fingerprint density at radius 3 is 2.48 bits per heavy atom. The highest BCUT2D eigenvalue weighted by molar-refractivity contribution is 5.84. The second-order valence-corrected chi connectivity index (χ2v) is 5.84. The van der Waals surface area contributed by atoms with Crippen LogP contribution in [-0.4, -0.2) is 25.3 Å².